The number of benzene rings is 1. The zero-order valence-electron chi connectivity index (χ0n) is 12.7. The van der Waals surface area contributed by atoms with Gasteiger partial charge in [0.05, 0.1) is 10.0 Å². The molecule has 23 heavy (non-hydrogen) atoms. The van der Waals surface area contributed by atoms with Crippen molar-refractivity contribution in [2.75, 3.05) is 5.32 Å². The molecule has 0 aliphatic carbocycles. The Morgan fingerprint density at radius 1 is 1.43 bits per heavy atom. The van der Waals surface area contributed by atoms with Crippen molar-refractivity contribution in [1.29, 1.82) is 0 Å². The summed E-state index contributed by atoms with van der Waals surface area (Å²) < 4.78 is 0. The van der Waals surface area contributed by atoms with Gasteiger partial charge in [0.25, 0.3) is 0 Å². The van der Waals surface area contributed by atoms with Gasteiger partial charge in [-0.15, -0.1) is 0 Å². The number of amidine groups is 1. The van der Waals surface area contributed by atoms with Crippen LogP contribution >= 0.6 is 35.0 Å². The quantitative estimate of drug-likeness (QED) is 0.826. The zero-order chi connectivity index (χ0) is 17.0. The smallest absolute Gasteiger partial charge is 0.240 e. The standard InChI is InChI=1S/C15H17Cl2N3O2S/c1-3-8(2)18-15-20-14(22)12(23-15)7-13(21)19-9-4-5-10(16)11(17)6-9/h4-6,8,12H,3,7H2,1-2H3,(H,19,21)(H,18,20,22). The summed E-state index contributed by atoms with van der Waals surface area (Å²) in [6.07, 6.45) is 0.957. The van der Waals surface area contributed by atoms with Crippen LogP contribution < -0.4 is 10.6 Å². The molecule has 1 aliphatic rings. The molecule has 2 atom stereocenters. The summed E-state index contributed by atoms with van der Waals surface area (Å²) >= 11 is 13.0. The van der Waals surface area contributed by atoms with Crippen LogP contribution in [-0.2, 0) is 9.59 Å². The molecule has 1 aliphatic heterocycles. The third-order valence-corrected chi connectivity index (χ3v) is 5.11. The van der Waals surface area contributed by atoms with Gasteiger partial charge in [0.2, 0.25) is 11.8 Å². The number of amides is 2. The first-order valence-electron chi connectivity index (χ1n) is 7.19. The van der Waals surface area contributed by atoms with E-state index in [9.17, 15) is 9.59 Å². The molecule has 0 bridgehead atoms. The van der Waals surface area contributed by atoms with Crippen LogP contribution in [0.25, 0.3) is 0 Å². The fraction of sp³-hybridized carbons (Fsp3) is 0.400. The number of halogens is 2. The minimum Gasteiger partial charge on any atom is -0.326 e. The molecule has 0 radical (unpaired) electrons. The number of aliphatic imine (C=N–C) groups is 1. The van der Waals surface area contributed by atoms with E-state index >= 15 is 0 Å². The normalized spacial score (nSPS) is 20.4. The predicted molar refractivity (Wildman–Crippen MR) is 96.4 cm³/mol. The molecule has 0 aromatic heterocycles. The fourth-order valence-corrected chi connectivity index (χ4v) is 3.22. The Morgan fingerprint density at radius 2 is 2.17 bits per heavy atom. The van der Waals surface area contributed by atoms with Crippen LogP contribution in [0.15, 0.2) is 23.2 Å². The van der Waals surface area contributed by atoms with Crippen molar-refractivity contribution in [3.8, 4) is 0 Å². The van der Waals surface area contributed by atoms with Gasteiger partial charge in [0.15, 0.2) is 5.17 Å². The molecule has 2 unspecified atom stereocenters. The second-order valence-corrected chi connectivity index (χ2v) is 7.17. The average molecular weight is 374 g/mol. The highest BCUT2D eigenvalue weighted by molar-refractivity contribution is 8.15. The molecule has 1 saturated heterocycles. The number of carbonyl (C=O) groups excluding carboxylic acids is 2. The van der Waals surface area contributed by atoms with Crippen molar-refractivity contribution in [2.45, 2.75) is 38.0 Å². The first kappa shape index (κ1) is 18.1. The third kappa shape index (κ3) is 5.12. The summed E-state index contributed by atoms with van der Waals surface area (Å²) in [7, 11) is 0. The number of thioether (sulfide) groups is 1. The van der Waals surface area contributed by atoms with Gasteiger partial charge in [-0.2, -0.15) is 0 Å². The second kappa shape index (κ2) is 8.04. The number of hydrogen-bond acceptors (Lipinski definition) is 4. The molecule has 2 rings (SSSR count). The van der Waals surface area contributed by atoms with Gasteiger partial charge in [-0.1, -0.05) is 41.9 Å². The van der Waals surface area contributed by atoms with E-state index in [2.05, 4.69) is 15.6 Å². The number of rotatable bonds is 5. The first-order valence-corrected chi connectivity index (χ1v) is 8.82. The largest absolute Gasteiger partial charge is 0.326 e. The van der Waals surface area contributed by atoms with E-state index in [1.165, 1.54) is 11.8 Å². The van der Waals surface area contributed by atoms with Gasteiger partial charge >= 0.3 is 0 Å². The Kier molecular flexibility index (Phi) is 6.33. The van der Waals surface area contributed by atoms with Crippen LogP contribution in [0.3, 0.4) is 0 Å². The summed E-state index contributed by atoms with van der Waals surface area (Å²) in [5.41, 5.74) is 0.543. The van der Waals surface area contributed by atoms with Crippen molar-refractivity contribution in [3.05, 3.63) is 28.2 Å². The molecule has 1 aromatic rings. The molecule has 2 N–H and O–H groups in total. The number of hydrogen-bond donors (Lipinski definition) is 2. The lowest BCUT2D eigenvalue weighted by molar-refractivity contribution is -0.122. The maximum atomic E-state index is 12.1. The molecule has 124 valence electrons. The van der Waals surface area contributed by atoms with Gasteiger partial charge in [-0.25, -0.2) is 0 Å². The molecular formula is C15H17Cl2N3O2S. The first-order chi connectivity index (χ1) is 10.9. The Labute approximate surface area is 149 Å². The van der Waals surface area contributed by atoms with Crippen LogP contribution in [0, 0.1) is 0 Å². The topological polar surface area (TPSA) is 70.6 Å². The molecule has 1 heterocycles. The molecular weight excluding hydrogens is 357 g/mol. The molecule has 5 nitrogen and oxygen atoms in total. The van der Waals surface area contributed by atoms with Gasteiger partial charge in [-0.3, -0.25) is 14.6 Å². The van der Waals surface area contributed by atoms with Crippen molar-refractivity contribution < 1.29 is 9.59 Å². The lowest BCUT2D eigenvalue weighted by atomic mass is 10.2. The van der Waals surface area contributed by atoms with E-state index in [1.54, 1.807) is 18.2 Å². The Balaban J connectivity index is 1.94. The van der Waals surface area contributed by atoms with Crippen LogP contribution in [0.1, 0.15) is 26.7 Å². The van der Waals surface area contributed by atoms with Crippen molar-refractivity contribution in [2.24, 2.45) is 4.99 Å². The number of anilines is 1. The minimum atomic E-state index is -0.472. The van der Waals surface area contributed by atoms with Gasteiger partial charge in [0.1, 0.15) is 5.25 Å². The number of carbonyl (C=O) groups is 2. The van der Waals surface area contributed by atoms with E-state index < -0.39 is 5.25 Å². The maximum Gasteiger partial charge on any atom is 0.240 e. The summed E-state index contributed by atoms with van der Waals surface area (Å²) in [6, 6.07) is 4.97. The summed E-state index contributed by atoms with van der Waals surface area (Å²) in [6.45, 7) is 4.00. The van der Waals surface area contributed by atoms with Crippen LogP contribution in [0.4, 0.5) is 5.69 Å². The van der Waals surface area contributed by atoms with Crippen molar-refractivity contribution in [1.82, 2.24) is 5.32 Å². The highest BCUT2D eigenvalue weighted by Gasteiger charge is 2.32. The Bertz CT molecular complexity index is 652. The predicted octanol–water partition coefficient (Wildman–Crippen LogP) is 3.71. The number of nitrogens with zero attached hydrogens (tertiary/aromatic N) is 1. The van der Waals surface area contributed by atoms with E-state index in [-0.39, 0.29) is 24.3 Å². The zero-order valence-corrected chi connectivity index (χ0v) is 15.1. The van der Waals surface area contributed by atoms with Gasteiger partial charge in [-0.05, 0) is 31.5 Å². The lowest BCUT2D eigenvalue weighted by Crippen LogP contribution is -2.28. The fourth-order valence-electron chi connectivity index (χ4n) is 1.85. The lowest BCUT2D eigenvalue weighted by Gasteiger charge is -2.08. The molecule has 2 amide bonds. The van der Waals surface area contributed by atoms with Crippen LogP contribution in [-0.4, -0.2) is 28.3 Å². The van der Waals surface area contributed by atoms with Gasteiger partial charge < -0.3 is 10.6 Å². The molecule has 0 saturated carbocycles. The van der Waals surface area contributed by atoms with E-state index in [1.807, 2.05) is 13.8 Å². The van der Waals surface area contributed by atoms with E-state index in [0.717, 1.165) is 6.42 Å². The monoisotopic (exact) mass is 373 g/mol. The molecule has 0 spiro atoms. The van der Waals surface area contributed by atoms with E-state index in [0.29, 0.717) is 20.9 Å². The summed E-state index contributed by atoms with van der Waals surface area (Å²) in [5.74, 6) is -0.456. The van der Waals surface area contributed by atoms with Gasteiger partial charge in [0, 0.05) is 18.2 Å². The minimum absolute atomic E-state index is 0.0657. The van der Waals surface area contributed by atoms with E-state index in [4.69, 9.17) is 23.2 Å². The summed E-state index contributed by atoms with van der Waals surface area (Å²) in [5, 5.41) is 6.31. The third-order valence-electron chi connectivity index (χ3n) is 3.28. The Hall–Kier alpha value is -1.24. The van der Waals surface area contributed by atoms with Crippen LogP contribution in [0.2, 0.25) is 10.0 Å². The number of nitrogens with one attached hydrogen (secondary N) is 2. The second-order valence-electron chi connectivity index (χ2n) is 5.17. The van der Waals surface area contributed by atoms with Crippen molar-refractivity contribution >= 4 is 57.6 Å². The molecule has 8 heteroatoms. The van der Waals surface area contributed by atoms with Crippen LogP contribution in [0.5, 0.6) is 0 Å². The summed E-state index contributed by atoms with van der Waals surface area (Å²) in [4.78, 5) is 28.4. The maximum absolute atomic E-state index is 12.1. The Morgan fingerprint density at radius 3 is 2.83 bits per heavy atom. The SMILES string of the molecule is CCC(C)N=C1NC(=O)C(CC(=O)Nc2ccc(Cl)c(Cl)c2)S1. The highest BCUT2D eigenvalue weighted by atomic mass is 35.5. The molecule has 1 aromatic carbocycles. The average Bonchev–Trinajstić information content (AvgIpc) is 2.82. The molecule has 1 fully saturated rings. The highest BCUT2D eigenvalue weighted by Crippen LogP contribution is 2.26. The van der Waals surface area contributed by atoms with Crippen molar-refractivity contribution in [3.63, 3.8) is 0 Å².